The Morgan fingerprint density at radius 1 is 1.56 bits per heavy atom. The van der Waals surface area contributed by atoms with Crippen molar-refractivity contribution >= 4 is 11.9 Å². The van der Waals surface area contributed by atoms with Crippen LogP contribution in [0.25, 0.3) is 0 Å². The molecular formula is C12H15NO5. The van der Waals surface area contributed by atoms with Gasteiger partial charge in [-0.1, -0.05) is 0 Å². The number of carboxylic acids is 1. The molecule has 1 aliphatic heterocycles. The quantitative estimate of drug-likeness (QED) is 0.865. The van der Waals surface area contributed by atoms with E-state index in [1.807, 2.05) is 0 Å². The maximum absolute atomic E-state index is 12.2. The zero-order valence-corrected chi connectivity index (χ0v) is 10.1. The first-order valence-corrected chi connectivity index (χ1v) is 5.74. The highest BCUT2D eigenvalue weighted by Crippen LogP contribution is 2.16. The van der Waals surface area contributed by atoms with Crippen LogP contribution in [0.5, 0.6) is 0 Å². The molecule has 0 spiro atoms. The molecule has 0 aliphatic carbocycles. The fourth-order valence-electron chi connectivity index (χ4n) is 2.00. The van der Waals surface area contributed by atoms with Gasteiger partial charge in [0.1, 0.15) is 5.76 Å². The Labute approximate surface area is 104 Å². The first kappa shape index (κ1) is 12.6. The van der Waals surface area contributed by atoms with Gasteiger partial charge < -0.3 is 19.2 Å². The lowest BCUT2D eigenvalue weighted by Gasteiger charge is -2.32. The van der Waals surface area contributed by atoms with E-state index in [0.29, 0.717) is 31.0 Å². The first-order valence-electron chi connectivity index (χ1n) is 5.74. The number of aryl methyl sites for hydroxylation is 1. The van der Waals surface area contributed by atoms with Gasteiger partial charge in [-0.2, -0.15) is 0 Å². The van der Waals surface area contributed by atoms with Gasteiger partial charge in [-0.05, 0) is 13.0 Å². The number of ether oxygens (including phenoxy) is 1. The molecule has 0 saturated carbocycles. The summed E-state index contributed by atoms with van der Waals surface area (Å²) in [5, 5.41) is 8.72. The summed E-state index contributed by atoms with van der Waals surface area (Å²) in [5.41, 5.74) is 0.519. The number of furan rings is 1. The zero-order chi connectivity index (χ0) is 13.1. The van der Waals surface area contributed by atoms with Crippen molar-refractivity contribution in [3.8, 4) is 0 Å². The number of amides is 1. The summed E-state index contributed by atoms with van der Waals surface area (Å²) in [4.78, 5) is 24.4. The molecule has 1 fully saturated rings. The Hall–Kier alpha value is -1.82. The molecule has 1 aromatic rings. The predicted octanol–water partition coefficient (Wildman–Crippen LogP) is 0.904. The lowest BCUT2D eigenvalue weighted by atomic mass is 10.1. The van der Waals surface area contributed by atoms with Crippen molar-refractivity contribution in [2.45, 2.75) is 19.4 Å². The highest BCUT2D eigenvalue weighted by Gasteiger charge is 2.27. The summed E-state index contributed by atoms with van der Waals surface area (Å²) >= 11 is 0. The largest absolute Gasteiger partial charge is 0.481 e. The summed E-state index contributed by atoms with van der Waals surface area (Å²) in [6.07, 6.45) is 0.943. The van der Waals surface area contributed by atoms with Gasteiger partial charge in [0, 0.05) is 13.1 Å². The number of aliphatic carboxylic acids is 1. The third kappa shape index (κ3) is 2.70. The standard InChI is InChI=1S/C12H15NO5/c1-8-10(2-4-17-8)12(16)13-3-5-18-9(7-13)6-11(14)15/h2,4,9H,3,5-7H2,1H3,(H,14,15)/t9-/m1/s1. The van der Waals surface area contributed by atoms with Crippen LogP contribution in [-0.2, 0) is 9.53 Å². The fourth-order valence-corrected chi connectivity index (χ4v) is 2.00. The Morgan fingerprint density at radius 2 is 2.33 bits per heavy atom. The van der Waals surface area contributed by atoms with Crippen LogP contribution in [0.3, 0.4) is 0 Å². The number of hydrogen-bond acceptors (Lipinski definition) is 4. The molecule has 0 unspecified atom stereocenters. The SMILES string of the molecule is Cc1occc1C(=O)N1CCO[C@H](CC(=O)O)C1. The third-order valence-electron chi connectivity index (χ3n) is 2.92. The monoisotopic (exact) mass is 253 g/mol. The minimum absolute atomic E-state index is 0.0891. The van der Waals surface area contributed by atoms with Gasteiger partial charge in [0.2, 0.25) is 0 Å². The van der Waals surface area contributed by atoms with E-state index in [4.69, 9.17) is 14.3 Å². The van der Waals surface area contributed by atoms with E-state index in [1.54, 1.807) is 17.9 Å². The van der Waals surface area contributed by atoms with Crippen molar-refractivity contribution in [1.82, 2.24) is 4.90 Å². The Bertz CT molecular complexity index is 453. The summed E-state index contributed by atoms with van der Waals surface area (Å²) in [5.74, 6) is -0.491. The van der Waals surface area contributed by atoms with Gasteiger partial charge in [0.05, 0.1) is 31.0 Å². The molecule has 2 rings (SSSR count). The van der Waals surface area contributed by atoms with Crippen molar-refractivity contribution in [2.24, 2.45) is 0 Å². The second-order valence-corrected chi connectivity index (χ2v) is 4.23. The normalized spacial score (nSPS) is 19.8. The molecule has 0 radical (unpaired) electrons. The molecule has 6 heteroatoms. The number of morpholine rings is 1. The highest BCUT2D eigenvalue weighted by atomic mass is 16.5. The number of carbonyl (C=O) groups is 2. The highest BCUT2D eigenvalue weighted by molar-refractivity contribution is 5.95. The maximum atomic E-state index is 12.2. The second kappa shape index (κ2) is 5.22. The van der Waals surface area contributed by atoms with Crippen LogP contribution < -0.4 is 0 Å². The molecule has 1 saturated heterocycles. The van der Waals surface area contributed by atoms with Crippen LogP contribution in [0.1, 0.15) is 22.5 Å². The van der Waals surface area contributed by atoms with Crippen molar-refractivity contribution < 1.29 is 23.8 Å². The Kier molecular flexibility index (Phi) is 3.66. The van der Waals surface area contributed by atoms with Crippen LogP contribution in [0.15, 0.2) is 16.7 Å². The smallest absolute Gasteiger partial charge is 0.306 e. The zero-order valence-electron chi connectivity index (χ0n) is 10.1. The number of nitrogens with zero attached hydrogens (tertiary/aromatic N) is 1. The first-order chi connectivity index (χ1) is 8.58. The molecule has 1 aromatic heterocycles. The van der Waals surface area contributed by atoms with Gasteiger partial charge in [0.15, 0.2) is 0 Å². The topological polar surface area (TPSA) is 80.0 Å². The Morgan fingerprint density at radius 3 is 2.94 bits per heavy atom. The minimum Gasteiger partial charge on any atom is -0.481 e. The summed E-state index contributed by atoms with van der Waals surface area (Å²) in [6.45, 7) is 2.86. The van der Waals surface area contributed by atoms with Gasteiger partial charge in [-0.3, -0.25) is 9.59 Å². The number of hydrogen-bond donors (Lipinski definition) is 1. The van der Waals surface area contributed by atoms with E-state index in [2.05, 4.69) is 0 Å². The molecule has 2 heterocycles. The van der Waals surface area contributed by atoms with Gasteiger partial charge in [0.25, 0.3) is 5.91 Å². The summed E-state index contributed by atoms with van der Waals surface area (Å²) in [6, 6.07) is 1.62. The number of carboxylic acid groups (broad SMARTS) is 1. The fraction of sp³-hybridized carbons (Fsp3) is 0.500. The molecule has 0 aromatic carbocycles. The van der Waals surface area contributed by atoms with E-state index >= 15 is 0 Å². The van der Waals surface area contributed by atoms with Crippen LogP contribution in [0, 0.1) is 6.92 Å². The summed E-state index contributed by atoms with van der Waals surface area (Å²) < 4.78 is 10.4. The van der Waals surface area contributed by atoms with Crippen molar-refractivity contribution in [3.05, 3.63) is 23.7 Å². The molecule has 1 atom stereocenters. The van der Waals surface area contributed by atoms with Crippen molar-refractivity contribution in [2.75, 3.05) is 19.7 Å². The van der Waals surface area contributed by atoms with Gasteiger partial charge >= 0.3 is 5.97 Å². The molecule has 1 aliphatic rings. The van der Waals surface area contributed by atoms with Gasteiger partial charge in [-0.15, -0.1) is 0 Å². The van der Waals surface area contributed by atoms with E-state index in [9.17, 15) is 9.59 Å². The van der Waals surface area contributed by atoms with E-state index in [-0.39, 0.29) is 12.3 Å². The molecule has 1 N–H and O–H groups in total. The molecular weight excluding hydrogens is 238 g/mol. The van der Waals surface area contributed by atoms with Crippen LogP contribution in [0.4, 0.5) is 0 Å². The van der Waals surface area contributed by atoms with Crippen LogP contribution in [-0.4, -0.2) is 47.7 Å². The predicted molar refractivity (Wildman–Crippen MR) is 61.3 cm³/mol. The molecule has 1 amide bonds. The Balaban J connectivity index is 2.03. The van der Waals surface area contributed by atoms with Crippen LogP contribution >= 0.6 is 0 Å². The minimum atomic E-state index is -0.922. The lowest BCUT2D eigenvalue weighted by molar-refractivity contribution is -0.141. The van der Waals surface area contributed by atoms with Gasteiger partial charge in [-0.25, -0.2) is 0 Å². The average Bonchev–Trinajstić information content (AvgIpc) is 2.74. The van der Waals surface area contributed by atoms with Crippen molar-refractivity contribution in [3.63, 3.8) is 0 Å². The summed E-state index contributed by atoms with van der Waals surface area (Å²) in [7, 11) is 0. The molecule has 18 heavy (non-hydrogen) atoms. The molecule has 0 bridgehead atoms. The third-order valence-corrected chi connectivity index (χ3v) is 2.92. The van der Waals surface area contributed by atoms with Crippen molar-refractivity contribution in [1.29, 1.82) is 0 Å². The second-order valence-electron chi connectivity index (χ2n) is 4.23. The molecule has 6 nitrogen and oxygen atoms in total. The number of rotatable bonds is 3. The average molecular weight is 253 g/mol. The van der Waals surface area contributed by atoms with Crippen LogP contribution in [0.2, 0.25) is 0 Å². The van der Waals surface area contributed by atoms with E-state index in [1.165, 1.54) is 6.26 Å². The maximum Gasteiger partial charge on any atom is 0.306 e. The van der Waals surface area contributed by atoms with E-state index in [0.717, 1.165) is 0 Å². The lowest BCUT2D eigenvalue weighted by Crippen LogP contribution is -2.46. The number of carbonyl (C=O) groups excluding carboxylic acids is 1. The molecule has 98 valence electrons. The van der Waals surface area contributed by atoms with E-state index < -0.39 is 12.1 Å².